The Morgan fingerprint density at radius 1 is 1.23 bits per heavy atom. The minimum atomic E-state index is -1.47. The van der Waals surface area contributed by atoms with Crippen LogP contribution in [0, 0.1) is 13.8 Å². The number of carbonyl (C=O) groups is 2. The van der Waals surface area contributed by atoms with Gasteiger partial charge in [-0.3, -0.25) is 4.79 Å². The summed E-state index contributed by atoms with van der Waals surface area (Å²) < 4.78 is 0. The van der Waals surface area contributed by atoms with Crippen molar-refractivity contribution in [2.75, 3.05) is 0 Å². The van der Waals surface area contributed by atoms with Crippen LogP contribution >= 0.6 is 22.9 Å². The lowest BCUT2D eigenvalue weighted by Crippen LogP contribution is -2.09. The van der Waals surface area contributed by atoms with E-state index in [9.17, 15) is 9.59 Å². The van der Waals surface area contributed by atoms with Crippen LogP contribution in [0.1, 0.15) is 26.4 Å². The van der Waals surface area contributed by atoms with E-state index in [1.807, 2.05) is 19.9 Å². The van der Waals surface area contributed by atoms with Crippen molar-refractivity contribution in [2.45, 2.75) is 19.3 Å². The van der Waals surface area contributed by atoms with Crippen LogP contribution in [0.2, 0.25) is 0 Å². The van der Waals surface area contributed by atoms with Crippen LogP contribution in [0.5, 0.6) is 0 Å². The Labute approximate surface area is 136 Å². The molecule has 114 valence electrons. The molecule has 1 atom stereocenters. The fourth-order valence-corrected chi connectivity index (χ4v) is 2.86. The second-order valence-electron chi connectivity index (χ2n) is 4.55. The number of carboxylic acids is 1. The zero-order valence-electron chi connectivity index (χ0n) is 11.9. The number of thiophene rings is 1. The Kier molecular flexibility index (Phi) is 5.05. The van der Waals surface area contributed by atoms with E-state index < -0.39 is 11.5 Å². The fraction of sp³-hybridized carbons (Fsp3) is 0.200. The topological polar surface area (TPSA) is 79.1 Å². The third-order valence-electron chi connectivity index (χ3n) is 3.08. The summed E-state index contributed by atoms with van der Waals surface area (Å²) in [6.45, 7) is 3.70. The van der Waals surface area contributed by atoms with Gasteiger partial charge >= 0.3 is 5.97 Å². The number of hydrogen-bond acceptors (Lipinski definition) is 5. The number of alkyl halides is 1. The third-order valence-corrected chi connectivity index (χ3v) is 4.45. The van der Waals surface area contributed by atoms with E-state index in [0.29, 0.717) is 16.1 Å². The van der Waals surface area contributed by atoms with Gasteiger partial charge in [-0.2, -0.15) is 5.11 Å². The molecular weight excluding hydrogens is 324 g/mol. The van der Waals surface area contributed by atoms with Crippen molar-refractivity contribution in [1.29, 1.82) is 0 Å². The molecule has 0 radical (unpaired) electrons. The van der Waals surface area contributed by atoms with E-state index in [1.54, 1.807) is 24.3 Å². The molecule has 7 heteroatoms. The number of aryl methyl sites for hydroxylation is 1. The van der Waals surface area contributed by atoms with Crippen molar-refractivity contribution in [3.05, 3.63) is 51.9 Å². The number of aliphatic carboxylic acids is 1. The first-order valence-electron chi connectivity index (χ1n) is 6.39. The summed E-state index contributed by atoms with van der Waals surface area (Å²) >= 11 is 6.81. The first-order valence-corrected chi connectivity index (χ1v) is 7.64. The summed E-state index contributed by atoms with van der Waals surface area (Å²) in [5.74, 6) is -1.45. The SMILES string of the molecule is Cc1sc(/N=N/C(Cl)C(=O)O)c(C(=O)c2ccccc2)c1C. The summed E-state index contributed by atoms with van der Waals surface area (Å²) in [5, 5.41) is 16.5. The highest BCUT2D eigenvalue weighted by Crippen LogP contribution is 2.36. The largest absolute Gasteiger partial charge is 0.479 e. The molecule has 0 saturated heterocycles. The van der Waals surface area contributed by atoms with E-state index in [-0.39, 0.29) is 5.78 Å². The maximum absolute atomic E-state index is 12.6. The lowest BCUT2D eigenvalue weighted by atomic mass is 10.0. The first kappa shape index (κ1) is 16.3. The van der Waals surface area contributed by atoms with E-state index in [4.69, 9.17) is 16.7 Å². The highest BCUT2D eigenvalue weighted by molar-refractivity contribution is 7.16. The molecule has 0 bridgehead atoms. The summed E-state index contributed by atoms with van der Waals surface area (Å²) in [4.78, 5) is 24.2. The Morgan fingerprint density at radius 3 is 2.45 bits per heavy atom. The molecule has 2 rings (SSSR count). The molecule has 2 aromatic rings. The van der Waals surface area contributed by atoms with Crippen LogP contribution < -0.4 is 0 Å². The van der Waals surface area contributed by atoms with Crippen molar-refractivity contribution in [3.8, 4) is 0 Å². The van der Waals surface area contributed by atoms with Crippen LogP contribution in [0.3, 0.4) is 0 Å². The fourth-order valence-electron chi connectivity index (χ4n) is 1.83. The zero-order valence-corrected chi connectivity index (χ0v) is 13.5. The molecule has 0 aliphatic carbocycles. The van der Waals surface area contributed by atoms with Crippen molar-refractivity contribution in [1.82, 2.24) is 0 Å². The second kappa shape index (κ2) is 6.81. The number of azo groups is 1. The highest BCUT2D eigenvalue weighted by Gasteiger charge is 2.21. The minimum Gasteiger partial charge on any atom is -0.479 e. The van der Waals surface area contributed by atoms with E-state index in [2.05, 4.69) is 10.2 Å². The number of halogens is 1. The van der Waals surface area contributed by atoms with Gasteiger partial charge in [0.1, 0.15) is 5.00 Å². The summed E-state index contributed by atoms with van der Waals surface area (Å²) in [5.41, 5.74) is 0.323. The Hall–Kier alpha value is -2.05. The molecule has 1 N–H and O–H groups in total. The van der Waals surface area contributed by atoms with E-state index >= 15 is 0 Å². The van der Waals surface area contributed by atoms with Crippen molar-refractivity contribution >= 4 is 39.7 Å². The summed E-state index contributed by atoms with van der Waals surface area (Å²) in [6, 6.07) is 8.83. The molecule has 1 aromatic heterocycles. The van der Waals surface area contributed by atoms with Crippen molar-refractivity contribution in [3.63, 3.8) is 0 Å². The number of rotatable bonds is 5. The van der Waals surface area contributed by atoms with Gasteiger partial charge in [0.15, 0.2) is 5.78 Å². The Morgan fingerprint density at radius 2 is 1.86 bits per heavy atom. The van der Waals surface area contributed by atoms with Crippen LogP contribution in [-0.2, 0) is 4.79 Å². The number of hydrogen-bond donors (Lipinski definition) is 1. The second-order valence-corrected chi connectivity index (χ2v) is 6.16. The van der Waals surface area contributed by atoms with Gasteiger partial charge in [-0.15, -0.1) is 16.5 Å². The Balaban J connectivity index is 2.43. The average Bonchev–Trinajstić information content (AvgIpc) is 2.79. The summed E-state index contributed by atoms with van der Waals surface area (Å²) in [7, 11) is 0. The Bertz CT molecular complexity index is 741. The van der Waals surface area contributed by atoms with Gasteiger partial charge in [-0.05, 0) is 19.4 Å². The molecule has 0 amide bonds. The average molecular weight is 337 g/mol. The van der Waals surface area contributed by atoms with Crippen LogP contribution in [0.15, 0.2) is 40.6 Å². The highest BCUT2D eigenvalue weighted by atomic mass is 35.5. The predicted molar refractivity (Wildman–Crippen MR) is 85.5 cm³/mol. The summed E-state index contributed by atoms with van der Waals surface area (Å²) in [6.07, 6.45) is 0. The number of benzene rings is 1. The van der Waals surface area contributed by atoms with Gasteiger partial charge in [0.05, 0.1) is 5.56 Å². The van der Waals surface area contributed by atoms with Crippen LogP contribution in [-0.4, -0.2) is 22.4 Å². The first-order chi connectivity index (χ1) is 10.4. The molecule has 1 heterocycles. The van der Waals surface area contributed by atoms with Crippen molar-refractivity contribution < 1.29 is 14.7 Å². The molecule has 1 unspecified atom stereocenters. The zero-order chi connectivity index (χ0) is 16.3. The normalized spacial score (nSPS) is 12.5. The molecule has 0 spiro atoms. The molecule has 5 nitrogen and oxygen atoms in total. The predicted octanol–water partition coefficient (Wildman–Crippen LogP) is 4.33. The van der Waals surface area contributed by atoms with Gasteiger partial charge in [0.25, 0.3) is 0 Å². The van der Waals surface area contributed by atoms with Crippen molar-refractivity contribution in [2.24, 2.45) is 10.2 Å². The smallest absolute Gasteiger partial charge is 0.345 e. The quantitative estimate of drug-likeness (QED) is 0.382. The number of carbonyl (C=O) groups excluding carboxylic acids is 1. The number of ketones is 1. The molecule has 0 aliphatic heterocycles. The molecule has 22 heavy (non-hydrogen) atoms. The maximum atomic E-state index is 12.6. The third kappa shape index (κ3) is 3.40. The molecular formula is C15H13ClN2O3S. The van der Waals surface area contributed by atoms with E-state index in [0.717, 1.165) is 10.4 Å². The van der Waals surface area contributed by atoms with Gasteiger partial charge in [0, 0.05) is 10.4 Å². The lowest BCUT2D eigenvalue weighted by Gasteiger charge is -2.02. The number of carboxylic acid groups (broad SMARTS) is 1. The van der Waals surface area contributed by atoms with Gasteiger partial charge < -0.3 is 5.11 Å². The molecule has 0 aliphatic rings. The monoisotopic (exact) mass is 336 g/mol. The molecule has 0 fully saturated rings. The maximum Gasteiger partial charge on any atom is 0.345 e. The minimum absolute atomic E-state index is 0.169. The molecule has 0 saturated carbocycles. The molecule has 1 aromatic carbocycles. The van der Waals surface area contributed by atoms with Gasteiger partial charge in [0.2, 0.25) is 5.50 Å². The lowest BCUT2D eigenvalue weighted by molar-refractivity contribution is -0.136. The van der Waals surface area contributed by atoms with Crippen LogP contribution in [0.25, 0.3) is 0 Å². The standard InChI is InChI=1S/C15H13ClN2O3S/c1-8-9(2)22-14(18-17-13(16)15(20)21)11(8)12(19)10-6-4-3-5-7-10/h3-7,13H,1-2H3,(H,20,21)/b18-17+. The van der Waals surface area contributed by atoms with Crippen LogP contribution in [0.4, 0.5) is 5.00 Å². The van der Waals surface area contributed by atoms with E-state index in [1.165, 1.54) is 11.3 Å². The van der Waals surface area contributed by atoms with Gasteiger partial charge in [-0.25, -0.2) is 4.79 Å². The van der Waals surface area contributed by atoms with Gasteiger partial charge in [-0.1, -0.05) is 41.9 Å². The number of nitrogens with zero attached hydrogens (tertiary/aromatic N) is 2.